The monoisotopic (exact) mass is 548 g/mol. The lowest BCUT2D eigenvalue weighted by Crippen LogP contribution is -2.53. The average Bonchev–Trinajstić information content (AvgIpc) is 3.43. The highest BCUT2D eigenvalue weighted by Gasteiger charge is 2.64. The van der Waals surface area contributed by atoms with Crippen molar-refractivity contribution >= 4 is 11.9 Å². The van der Waals surface area contributed by atoms with Crippen molar-refractivity contribution in [2.45, 2.75) is 90.3 Å². The Morgan fingerprint density at radius 2 is 1.77 bits per heavy atom. The van der Waals surface area contributed by atoms with E-state index in [0.29, 0.717) is 16.7 Å². The van der Waals surface area contributed by atoms with Crippen molar-refractivity contribution < 1.29 is 19.1 Å². The Morgan fingerprint density at radius 1 is 1.05 bits per heavy atom. The van der Waals surface area contributed by atoms with Crippen LogP contribution in [0.5, 0.6) is 5.75 Å². The molecule has 1 spiro atoms. The van der Waals surface area contributed by atoms with E-state index in [0.717, 1.165) is 49.0 Å². The van der Waals surface area contributed by atoms with E-state index < -0.39 is 12.1 Å². The van der Waals surface area contributed by atoms with Crippen LogP contribution in [-0.4, -0.2) is 61.5 Å². The Morgan fingerprint density at radius 3 is 2.48 bits per heavy atom. The minimum absolute atomic E-state index is 0.120. The van der Waals surface area contributed by atoms with Crippen LogP contribution in [-0.2, 0) is 14.3 Å². The first-order chi connectivity index (χ1) is 19.1. The van der Waals surface area contributed by atoms with Crippen molar-refractivity contribution in [2.24, 2.45) is 34.5 Å². The lowest BCUT2D eigenvalue weighted by Gasteiger charge is -2.58. The summed E-state index contributed by atoms with van der Waals surface area (Å²) in [4.78, 5) is 30.3. The number of benzene rings is 1. The lowest BCUT2D eigenvalue weighted by molar-refractivity contribution is -0.160. The maximum atomic E-state index is 13.8. The summed E-state index contributed by atoms with van der Waals surface area (Å²) in [5.74, 6) is 3.42. The maximum absolute atomic E-state index is 13.8. The number of ether oxygens (including phenoxy) is 2. The highest BCUT2D eigenvalue weighted by Crippen LogP contribution is 2.68. The number of allylic oxidation sites excluding steroid dienone is 1. The summed E-state index contributed by atoms with van der Waals surface area (Å²) >= 11 is 0. The minimum Gasteiger partial charge on any atom is -0.497 e. The van der Waals surface area contributed by atoms with Gasteiger partial charge in [0.2, 0.25) is 6.10 Å². The number of esters is 1. The summed E-state index contributed by atoms with van der Waals surface area (Å²) < 4.78 is 10.9. The van der Waals surface area contributed by atoms with E-state index in [1.807, 2.05) is 24.1 Å². The number of carbonyl (C=O) groups is 2. The molecule has 4 fully saturated rings. The Kier molecular flexibility index (Phi) is 7.08. The molecule has 0 N–H and O–H groups in total. The number of rotatable bonds is 5. The molecule has 0 bridgehead atoms. The van der Waals surface area contributed by atoms with Crippen LogP contribution in [0.3, 0.4) is 0 Å². The fourth-order valence-electron chi connectivity index (χ4n) is 10.3. The number of hydrogen-bond acceptors (Lipinski definition) is 5. The molecule has 6 heteroatoms. The van der Waals surface area contributed by atoms with Crippen LogP contribution in [0.2, 0.25) is 0 Å². The fourth-order valence-corrected chi connectivity index (χ4v) is 10.3. The molecule has 1 aromatic rings. The number of methoxy groups -OCH3 is 1. The Hall–Kier alpha value is -2.34. The van der Waals surface area contributed by atoms with Gasteiger partial charge in [0.15, 0.2) is 0 Å². The third-order valence-electron chi connectivity index (χ3n) is 12.5. The number of likely N-dealkylation sites (tertiary alicyclic amines) is 1. The maximum Gasteiger partial charge on any atom is 0.303 e. The molecule has 1 heterocycles. The molecule has 3 saturated carbocycles. The molecule has 1 aliphatic heterocycles. The number of carbonyl (C=O) groups excluding carboxylic acids is 2. The smallest absolute Gasteiger partial charge is 0.303 e. The van der Waals surface area contributed by atoms with Gasteiger partial charge in [0.25, 0.3) is 5.91 Å². The van der Waals surface area contributed by atoms with Gasteiger partial charge in [-0.3, -0.25) is 9.59 Å². The standard InChI is InChI=1S/C34H48N2O4/c1-21-28-13-14-30-27-12-9-24-19-25(15-17-33(24,3)29(27)16-18-34(28,30)20-35(21)4)36(5)32(38)31(40-22(2)37)23-7-10-26(39-6)11-8-23/h7-11,21,25,27-31H,12-20H2,1-6H3/t21-,25-,27+,28+,29-,30-,31?,33-,34-/m0/s1. The molecule has 1 saturated heterocycles. The predicted octanol–water partition coefficient (Wildman–Crippen LogP) is 6.02. The number of likely N-dealkylation sites (N-methyl/N-ethyl adjacent to an activating group) is 1. The Bertz CT molecular complexity index is 1180. The van der Waals surface area contributed by atoms with Crippen molar-refractivity contribution in [3.05, 3.63) is 41.5 Å². The van der Waals surface area contributed by atoms with Gasteiger partial charge < -0.3 is 19.3 Å². The molecule has 6 rings (SSSR count). The van der Waals surface area contributed by atoms with Gasteiger partial charge in [-0.05, 0) is 112 Å². The van der Waals surface area contributed by atoms with E-state index in [2.05, 4.69) is 31.9 Å². The van der Waals surface area contributed by atoms with Crippen LogP contribution in [0.1, 0.15) is 83.8 Å². The van der Waals surface area contributed by atoms with Crippen LogP contribution in [0.15, 0.2) is 35.9 Å². The second kappa shape index (κ2) is 10.2. The molecule has 0 radical (unpaired) electrons. The van der Waals surface area contributed by atoms with Crippen molar-refractivity contribution in [3.63, 3.8) is 0 Å². The molecular formula is C34H48N2O4. The summed E-state index contributed by atoms with van der Waals surface area (Å²) in [6.07, 6.45) is 11.5. The van der Waals surface area contributed by atoms with Gasteiger partial charge in [0.05, 0.1) is 7.11 Å². The average molecular weight is 549 g/mol. The highest BCUT2D eigenvalue weighted by molar-refractivity contribution is 5.85. The number of fused-ring (bicyclic) bond motifs is 4. The van der Waals surface area contributed by atoms with Crippen LogP contribution in [0.25, 0.3) is 0 Å². The topological polar surface area (TPSA) is 59.1 Å². The van der Waals surface area contributed by atoms with E-state index in [1.54, 1.807) is 24.8 Å². The van der Waals surface area contributed by atoms with Gasteiger partial charge in [-0.1, -0.05) is 30.7 Å². The van der Waals surface area contributed by atoms with E-state index in [1.165, 1.54) is 45.6 Å². The largest absolute Gasteiger partial charge is 0.497 e. The van der Waals surface area contributed by atoms with E-state index >= 15 is 0 Å². The molecule has 5 aliphatic rings. The molecule has 0 aromatic heterocycles. The molecule has 1 aromatic carbocycles. The number of amides is 1. The SMILES string of the molecule is COc1ccc(C(OC(C)=O)C(=O)N(C)[C@H]2CC[C@@]3(C)C(=CC[C@H]4[C@@H]5CC[C@@H]6[C@H](C)N(C)C[C@@]65CC[C@@H]43)C2)cc1. The second-order valence-corrected chi connectivity index (χ2v) is 14.0. The molecule has 6 nitrogen and oxygen atoms in total. The summed E-state index contributed by atoms with van der Waals surface area (Å²) in [7, 11) is 5.85. The van der Waals surface area contributed by atoms with Gasteiger partial charge >= 0.3 is 5.97 Å². The fraction of sp³-hybridized carbons (Fsp3) is 0.706. The van der Waals surface area contributed by atoms with Crippen LogP contribution in [0, 0.1) is 34.5 Å². The first kappa shape index (κ1) is 27.8. The summed E-state index contributed by atoms with van der Waals surface area (Å²) in [5, 5.41) is 0. The molecule has 4 aliphatic carbocycles. The summed E-state index contributed by atoms with van der Waals surface area (Å²) in [6, 6.07) is 8.08. The number of hydrogen-bond donors (Lipinski definition) is 0. The van der Waals surface area contributed by atoms with Crippen molar-refractivity contribution in [2.75, 3.05) is 27.7 Å². The first-order valence-electron chi connectivity index (χ1n) is 15.6. The quantitative estimate of drug-likeness (QED) is 0.333. The predicted molar refractivity (Wildman–Crippen MR) is 156 cm³/mol. The minimum atomic E-state index is -0.941. The lowest BCUT2D eigenvalue weighted by atomic mass is 9.47. The van der Waals surface area contributed by atoms with Gasteiger partial charge in [0.1, 0.15) is 5.75 Å². The zero-order valence-electron chi connectivity index (χ0n) is 25.3. The van der Waals surface area contributed by atoms with Crippen molar-refractivity contribution in [1.29, 1.82) is 0 Å². The number of nitrogens with zero attached hydrogens (tertiary/aromatic N) is 2. The first-order valence-corrected chi connectivity index (χ1v) is 15.6. The molecule has 9 atom stereocenters. The van der Waals surface area contributed by atoms with Crippen LogP contribution >= 0.6 is 0 Å². The third kappa shape index (κ3) is 4.23. The normalized spacial score (nSPS) is 39.2. The zero-order valence-corrected chi connectivity index (χ0v) is 25.3. The van der Waals surface area contributed by atoms with Crippen LogP contribution < -0.4 is 4.74 Å². The summed E-state index contributed by atoms with van der Waals surface area (Å²) in [5.41, 5.74) is 3.03. The van der Waals surface area contributed by atoms with Gasteiger partial charge in [-0.25, -0.2) is 0 Å². The van der Waals surface area contributed by atoms with Gasteiger partial charge in [-0.2, -0.15) is 0 Å². The van der Waals surface area contributed by atoms with Crippen molar-refractivity contribution in [1.82, 2.24) is 9.80 Å². The second-order valence-electron chi connectivity index (χ2n) is 14.0. The molecule has 40 heavy (non-hydrogen) atoms. The Labute approximate surface area is 240 Å². The van der Waals surface area contributed by atoms with Gasteiger partial charge in [-0.15, -0.1) is 0 Å². The summed E-state index contributed by atoms with van der Waals surface area (Å²) in [6.45, 7) is 7.67. The zero-order chi connectivity index (χ0) is 28.4. The van der Waals surface area contributed by atoms with Crippen molar-refractivity contribution in [3.8, 4) is 5.75 Å². The molecule has 1 amide bonds. The molecule has 1 unspecified atom stereocenters. The molecule has 218 valence electrons. The molecular weight excluding hydrogens is 500 g/mol. The van der Waals surface area contributed by atoms with Gasteiger partial charge in [0, 0.05) is 38.2 Å². The van der Waals surface area contributed by atoms with Crippen LogP contribution in [0.4, 0.5) is 0 Å². The van der Waals surface area contributed by atoms with E-state index in [-0.39, 0.29) is 17.4 Å². The highest BCUT2D eigenvalue weighted by atomic mass is 16.5. The Balaban J connectivity index is 1.19. The third-order valence-corrected chi connectivity index (χ3v) is 12.5. The van der Waals surface area contributed by atoms with E-state index in [4.69, 9.17) is 9.47 Å². The van der Waals surface area contributed by atoms with E-state index in [9.17, 15) is 9.59 Å².